The van der Waals surface area contributed by atoms with E-state index in [4.69, 9.17) is 4.74 Å². The second kappa shape index (κ2) is 8.59. The quantitative estimate of drug-likeness (QED) is 0.569. The lowest BCUT2D eigenvalue weighted by Crippen LogP contribution is -2.49. The summed E-state index contributed by atoms with van der Waals surface area (Å²) in [4.78, 5) is 16.0. The van der Waals surface area contributed by atoms with Gasteiger partial charge >= 0.3 is 0 Å². The molecule has 2 unspecified atom stereocenters. The summed E-state index contributed by atoms with van der Waals surface area (Å²) in [6.45, 7) is 5.59. The molecule has 6 heteroatoms. The number of rotatable bonds is 5. The SMILES string of the molecule is CC1CN(C(=O)Cn2cc(SCc3ccc(F)cc3)c3ccccc32)CC(C)O1. The highest BCUT2D eigenvalue weighted by Gasteiger charge is 2.26. The lowest BCUT2D eigenvalue weighted by molar-refractivity contribution is -0.143. The van der Waals surface area contributed by atoms with Crippen LogP contribution >= 0.6 is 11.8 Å². The van der Waals surface area contributed by atoms with Crippen molar-refractivity contribution in [1.82, 2.24) is 9.47 Å². The molecule has 0 radical (unpaired) electrons. The van der Waals surface area contributed by atoms with Gasteiger partial charge in [0.05, 0.1) is 12.2 Å². The van der Waals surface area contributed by atoms with Gasteiger partial charge in [0.2, 0.25) is 5.91 Å². The summed E-state index contributed by atoms with van der Waals surface area (Å²) in [5.41, 5.74) is 2.12. The van der Waals surface area contributed by atoms with Gasteiger partial charge in [-0.05, 0) is 37.6 Å². The van der Waals surface area contributed by atoms with Crippen LogP contribution in [0.25, 0.3) is 10.9 Å². The van der Waals surface area contributed by atoms with Crippen molar-refractivity contribution in [3.05, 3.63) is 66.1 Å². The van der Waals surface area contributed by atoms with E-state index in [1.807, 2.05) is 47.6 Å². The van der Waals surface area contributed by atoms with Crippen molar-refractivity contribution in [2.45, 2.75) is 43.2 Å². The minimum absolute atomic E-state index is 0.0610. The molecule has 3 aromatic rings. The van der Waals surface area contributed by atoms with E-state index >= 15 is 0 Å². The zero-order valence-electron chi connectivity index (χ0n) is 16.7. The monoisotopic (exact) mass is 412 g/mol. The van der Waals surface area contributed by atoms with Crippen molar-refractivity contribution >= 4 is 28.6 Å². The summed E-state index contributed by atoms with van der Waals surface area (Å²) >= 11 is 1.70. The molecule has 2 aromatic carbocycles. The van der Waals surface area contributed by atoms with Gasteiger partial charge in [0, 0.05) is 40.8 Å². The third-order valence-corrected chi connectivity index (χ3v) is 6.25. The van der Waals surface area contributed by atoms with Gasteiger partial charge in [-0.1, -0.05) is 30.3 Å². The van der Waals surface area contributed by atoms with Gasteiger partial charge in [-0.25, -0.2) is 4.39 Å². The lowest BCUT2D eigenvalue weighted by atomic mass is 10.2. The first kappa shape index (κ1) is 20.0. The van der Waals surface area contributed by atoms with Gasteiger partial charge in [0.25, 0.3) is 0 Å². The summed E-state index contributed by atoms with van der Waals surface area (Å²) < 4.78 is 20.9. The van der Waals surface area contributed by atoms with Crippen LogP contribution in [-0.4, -0.2) is 40.7 Å². The van der Waals surface area contributed by atoms with Gasteiger partial charge in [0.1, 0.15) is 12.4 Å². The van der Waals surface area contributed by atoms with Crippen LogP contribution in [0, 0.1) is 5.82 Å². The van der Waals surface area contributed by atoms with Crippen LogP contribution in [0.4, 0.5) is 4.39 Å². The first-order valence-electron chi connectivity index (χ1n) is 9.88. The number of hydrogen-bond acceptors (Lipinski definition) is 3. The van der Waals surface area contributed by atoms with Crippen LogP contribution < -0.4 is 0 Å². The van der Waals surface area contributed by atoms with E-state index in [2.05, 4.69) is 18.3 Å². The van der Waals surface area contributed by atoms with Crippen molar-refractivity contribution < 1.29 is 13.9 Å². The Balaban J connectivity index is 1.52. The number of para-hydroxylation sites is 1. The number of nitrogens with zero attached hydrogens (tertiary/aromatic N) is 2. The Hall–Kier alpha value is -2.31. The molecule has 1 fully saturated rings. The Labute approximate surface area is 174 Å². The number of hydrogen-bond donors (Lipinski definition) is 0. The predicted molar refractivity (Wildman–Crippen MR) is 114 cm³/mol. The highest BCUT2D eigenvalue weighted by atomic mass is 32.2. The molecule has 4 nitrogen and oxygen atoms in total. The molecule has 1 aliphatic rings. The maximum atomic E-state index is 13.1. The molecule has 2 heterocycles. The summed E-state index contributed by atoms with van der Waals surface area (Å²) in [6.07, 6.45) is 2.18. The van der Waals surface area contributed by atoms with Gasteiger partial charge in [0.15, 0.2) is 0 Å². The normalized spacial score (nSPS) is 19.6. The first-order chi connectivity index (χ1) is 14.0. The molecule has 0 N–H and O–H groups in total. The third kappa shape index (κ3) is 4.65. The Morgan fingerprint density at radius 2 is 1.79 bits per heavy atom. The van der Waals surface area contributed by atoms with Gasteiger partial charge < -0.3 is 14.2 Å². The number of aromatic nitrogens is 1. The molecule has 0 saturated carbocycles. The van der Waals surface area contributed by atoms with Gasteiger partial charge in [-0.15, -0.1) is 11.8 Å². The van der Waals surface area contributed by atoms with Crippen molar-refractivity contribution in [3.63, 3.8) is 0 Å². The van der Waals surface area contributed by atoms with Crippen LogP contribution in [0.5, 0.6) is 0 Å². The molecule has 1 amide bonds. The lowest BCUT2D eigenvalue weighted by Gasteiger charge is -2.35. The van der Waals surface area contributed by atoms with Crippen molar-refractivity contribution in [2.75, 3.05) is 13.1 Å². The molecular formula is C23H25FN2O2S. The van der Waals surface area contributed by atoms with E-state index in [1.165, 1.54) is 12.1 Å². The Bertz CT molecular complexity index is 992. The fourth-order valence-electron chi connectivity index (χ4n) is 3.83. The van der Waals surface area contributed by atoms with Crippen LogP contribution in [0.2, 0.25) is 0 Å². The zero-order chi connectivity index (χ0) is 20.4. The molecule has 152 valence electrons. The van der Waals surface area contributed by atoms with Crippen LogP contribution in [0.3, 0.4) is 0 Å². The molecule has 0 aliphatic carbocycles. The minimum Gasteiger partial charge on any atom is -0.372 e. The molecule has 0 bridgehead atoms. The highest BCUT2D eigenvalue weighted by molar-refractivity contribution is 7.98. The molecule has 1 saturated heterocycles. The van der Waals surface area contributed by atoms with Crippen molar-refractivity contribution in [2.24, 2.45) is 0 Å². The van der Waals surface area contributed by atoms with Gasteiger partial charge in [-0.3, -0.25) is 4.79 Å². The number of benzene rings is 2. The molecule has 0 spiro atoms. The fraction of sp³-hybridized carbons (Fsp3) is 0.348. The number of morpholine rings is 1. The average molecular weight is 413 g/mol. The summed E-state index contributed by atoms with van der Waals surface area (Å²) in [5, 5.41) is 1.14. The maximum absolute atomic E-state index is 13.1. The van der Waals surface area contributed by atoms with Crippen molar-refractivity contribution in [3.8, 4) is 0 Å². The molecular weight excluding hydrogens is 387 g/mol. The van der Waals surface area contributed by atoms with Crippen LogP contribution in [0.1, 0.15) is 19.4 Å². The number of halogens is 1. The summed E-state index contributed by atoms with van der Waals surface area (Å²) in [5.74, 6) is 0.643. The van der Waals surface area contributed by atoms with E-state index in [0.29, 0.717) is 19.6 Å². The zero-order valence-corrected chi connectivity index (χ0v) is 17.5. The Morgan fingerprint density at radius 1 is 1.10 bits per heavy atom. The second-order valence-corrected chi connectivity index (χ2v) is 8.63. The maximum Gasteiger partial charge on any atom is 0.242 e. The number of fused-ring (bicyclic) bond motifs is 1. The smallest absolute Gasteiger partial charge is 0.242 e. The third-order valence-electron chi connectivity index (χ3n) is 5.14. The molecule has 4 rings (SSSR count). The van der Waals surface area contributed by atoms with E-state index in [1.54, 1.807) is 11.8 Å². The van der Waals surface area contributed by atoms with E-state index in [9.17, 15) is 9.18 Å². The van der Waals surface area contributed by atoms with Crippen LogP contribution in [-0.2, 0) is 21.8 Å². The molecule has 1 aliphatic heterocycles. The topological polar surface area (TPSA) is 34.5 Å². The molecule has 1 aromatic heterocycles. The molecule has 29 heavy (non-hydrogen) atoms. The van der Waals surface area contributed by atoms with Gasteiger partial charge in [-0.2, -0.15) is 0 Å². The van der Waals surface area contributed by atoms with Crippen molar-refractivity contribution in [1.29, 1.82) is 0 Å². The largest absolute Gasteiger partial charge is 0.372 e. The first-order valence-corrected chi connectivity index (χ1v) is 10.9. The average Bonchev–Trinajstić information content (AvgIpc) is 3.04. The predicted octanol–water partition coefficient (Wildman–Crippen LogP) is 4.71. The standard InChI is InChI=1S/C23H25FN2O2S/c1-16-11-26(12-17(2)28-16)23(27)14-25-13-22(20-5-3-4-6-21(20)25)29-15-18-7-9-19(24)10-8-18/h3-10,13,16-17H,11-12,14-15H2,1-2H3. The minimum atomic E-state index is -0.222. The van der Waals surface area contributed by atoms with Crippen LogP contribution in [0.15, 0.2) is 59.6 Å². The summed E-state index contributed by atoms with van der Waals surface area (Å²) in [6, 6.07) is 14.7. The van der Waals surface area contributed by atoms with E-state index < -0.39 is 0 Å². The van der Waals surface area contributed by atoms with E-state index in [0.717, 1.165) is 27.1 Å². The Kier molecular flexibility index (Phi) is 5.92. The second-order valence-electron chi connectivity index (χ2n) is 7.61. The number of ether oxygens (including phenoxy) is 1. The number of amides is 1. The molecule has 2 atom stereocenters. The Morgan fingerprint density at radius 3 is 2.52 bits per heavy atom. The number of thioether (sulfide) groups is 1. The number of carbonyl (C=O) groups is 1. The summed E-state index contributed by atoms with van der Waals surface area (Å²) in [7, 11) is 0. The number of carbonyl (C=O) groups excluding carboxylic acids is 1. The van der Waals surface area contributed by atoms with E-state index in [-0.39, 0.29) is 23.9 Å². The highest BCUT2D eigenvalue weighted by Crippen LogP contribution is 2.32. The fourth-order valence-corrected chi connectivity index (χ4v) is 4.87.